The van der Waals surface area contributed by atoms with Gasteiger partial charge in [0.15, 0.2) is 0 Å². The summed E-state index contributed by atoms with van der Waals surface area (Å²) in [6.07, 6.45) is 2.48. The van der Waals surface area contributed by atoms with Crippen molar-refractivity contribution >= 4 is 5.91 Å². The van der Waals surface area contributed by atoms with Crippen molar-refractivity contribution in [2.45, 2.75) is 6.43 Å². The molecule has 0 aliphatic rings. The number of hydrogen-bond acceptors (Lipinski definition) is 2. The fourth-order valence-electron chi connectivity index (χ4n) is 2.94. The number of aryl methyl sites for hydroxylation is 1. The zero-order valence-electron chi connectivity index (χ0n) is 13.9. The van der Waals surface area contributed by atoms with E-state index in [2.05, 4.69) is 11.0 Å². The van der Waals surface area contributed by atoms with Gasteiger partial charge in [0.2, 0.25) is 0 Å². The van der Waals surface area contributed by atoms with Gasteiger partial charge in [0, 0.05) is 18.2 Å². The molecular formula is C20H15F2N3O. The van der Waals surface area contributed by atoms with Crippen LogP contribution >= 0.6 is 0 Å². The standard InChI is InChI=1S/C20H15F2N3O/c1-3-12-8-10-13(11-9-12)14-6-4-5-7-15(14)18-16(20(23)26)17(19(21)22)24-25(18)2/h1,4-11,19H,2H3,(H2,23,26). The highest BCUT2D eigenvalue weighted by molar-refractivity contribution is 6.02. The van der Waals surface area contributed by atoms with E-state index >= 15 is 0 Å². The summed E-state index contributed by atoms with van der Waals surface area (Å²) < 4.78 is 27.9. The summed E-state index contributed by atoms with van der Waals surface area (Å²) in [5, 5.41) is 3.81. The zero-order valence-corrected chi connectivity index (χ0v) is 13.9. The van der Waals surface area contributed by atoms with Gasteiger partial charge in [-0.15, -0.1) is 6.42 Å². The van der Waals surface area contributed by atoms with E-state index in [1.165, 1.54) is 11.7 Å². The second kappa shape index (κ2) is 6.81. The van der Waals surface area contributed by atoms with Crippen LogP contribution in [0, 0.1) is 12.3 Å². The van der Waals surface area contributed by atoms with Gasteiger partial charge in [0.05, 0.1) is 11.3 Å². The Labute approximate surface area is 149 Å². The Morgan fingerprint density at radius 2 is 1.77 bits per heavy atom. The molecule has 26 heavy (non-hydrogen) atoms. The van der Waals surface area contributed by atoms with Gasteiger partial charge in [-0.25, -0.2) is 8.78 Å². The molecule has 1 aromatic heterocycles. The van der Waals surface area contributed by atoms with Crippen molar-refractivity contribution < 1.29 is 13.6 Å². The molecule has 3 aromatic rings. The van der Waals surface area contributed by atoms with Crippen LogP contribution in [-0.2, 0) is 7.05 Å². The number of nitrogens with zero attached hydrogens (tertiary/aromatic N) is 2. The van der Waals surface area contributed by atoms with Gasteiger partial charge in [-0.3, -0.25) is 9.48 Å². The van der Waals surface area contributed by atoms with Crippen molar-refractivity contribution in [2.24, 2.45) is 12.8 Å². The molecule has 2 aromatic carbocycles. The highest BCUT2D eigenvalue weighted by Gasteiger charge is 2.28. The Balaban J connectivity index is 2.26. The first kappa shape index (κ1) is 17.4. The molecule has 2 N–H and O–H groups in total. The van der Waals surface area contributed by atoms with Crippen LogP contribution in [0.5, 0.6) is 0 Å². The molecule has 130 valence electrons. The molecule has 0 unspecified atom stereocenters. The number of halogens is 2. The number of nitrogens with two attached hydrogens (primary N) is 1. The average Bonchev–Trinajstić information content (AvgIpc) is 2.99. The van der Waals surface area contributed by atoms with Gasteiger partial charge in [0.25, 0.3) is 12.3 Å². The molecule has 0 fully saturated rings. The Morgan fingerprint density at radius 3 is 2.31 bits per heavy atom. The summed E-state index contributed by atoms with van der Waals surface area (Å²) in [6.45, 7) is 0. The Morgan fingerprint density at radius 1 is 1.15 bits per heavy atom. The number of carbonyl (C=O) groups excluding carboxylic acids is 1. The summed E-state index contributed by atoms with van der Waals surface area (Å²) in [6, 6.07) is 14.4. The Bertz CT molecular complexity index is 1010. The lowest BCUT2D eigenvalue weighted by molar-refractivity contribution is 0.0985. The molecule has 0 saturated heterocycles. The molecule has 0 radical (unpaired) electrons. The minimum absolute atomic E-state index is 0.254. The van der Waals surface area contributed by atoms with Crippen LogP contribution < -0.4 is 5.73 Å². The van der Waals surface area contributed by atoms with Crippen LogP contribution in [0.4, 0.5) is 8.78 Å². The molecule has 3 rings (SSSR count). The van der Waals surface area contributed by atoms with E-state index in [1.807, 2.05) is 24.3 Å². The first-order valence-corrected chi connectivity index (χ1v) is 7.75. The van der Waals surface area contributed by atoms with Crippen LogP contribution in [-0.4, -0.2) is 15.7 Å². The van der Waals surface area contributed by atoms with E-state index in [-0.39, 0.29) is 11.3 Å². The van der Waals surface area contributed by atoms with E-state index in [1.54, 1.807) is 24.3 Å². The largest absolute Gasteiger partial charge is 0.365 e. The Hall–Kier alpha value is -3.46. The maximum atomic E-state index is 13.3. The third-order valence-corrected chi connectivity index (χ3v) is 4.07. The summed E-state index contributed by atoms with van der Waals surface area (Å²) in [7, 11) is 1.51. The first-order chi connectivity index (χ1) is 12.4. The lowest BCUT2D eigenvalue weighted by Gasteiger charge is -2.12. The average molecular weight is 351 g/mol. The summed E-state index contributed by atoms with van der Waals surface area (Å²) in [4.78, 5) is 11.9. The number of rotatable bonds is 4. The third-order valence-electron chi connectivity index (χ3n) is 4.07. The molecule has 0 atom stereocenters. The van der Waals surface area contributed by atoms with Gasteiger partial charge in [-0.05, 0) is 23.3 Å². The number of primary amides is 1. The number of carbonyl (C=O) groups is 1. The van der Waals surface area contributed by atoms with Crippen molar-refractivity contribution in [1.82, 2.24) is 9.78 Å². The third kappa shape index (κ3) is 2.95. The van der Waals surface area contributed by atoms with Crippen LogP contribution in [0.2, 0.25) is 0 Å². The number of benzene rings is 2. The van der Waals surface area contributed by atoms with Gasteiger partial charge in [-0.2, -0.15) is 5.10 Å². The van der Waals surface area contributed by atoms with Crippen molar-refractivity contribution in [3.05, 3.63) is 65.4 Å². The van der Waals surface area contributed by atoms with Crippen molar-refractivity contribution in [3.63, 3.8) is 0 Å². The molecule has 0 aliphatic carbocycles. The Kier molecular flexibility index (Phi) is 4.55. The minimum atomic E-state index is -2.90. The predicted molar refractivity (Wildman–Crippen MR) is 95.5 cm³/mol. The van der Waals surface area contributed by atoms with E-state index in [9.17, 15) is 13.6 Å². The second-order valence-electron chi connectivity index (χ2n) is 5.66. The van der Waals surface area contributed by atoms with Crippen LogP contribution in [0.3, 0.4) is 0 Å². The van der Waals surface area contributed by atoms with Gasteiger partial charge in [-0.1, -0.05) is 42.3 Å². The summed E-state index contributed by atoms with van der Waals surface area (Å²) in [5.74, 6) is 1.60. The molecule has 0 aliphatic heterocycles. The second-order valence-corrected chi connectivity index (χ2v) is 5.66. The molecule has 0 spiro atoms. The maximum Gasteiger partial charge on any atom is 0.282 e. The normalized spacial score (nSPS) is 10.7. The minimum Gasteiger partial charge on any atom is -0.365 e. The highest BCUT2D eigenvalue weighted by atomic mass is 19.3. The number of hydrogen-bond donors (Lipinski definition) is 1. The highest BCUT2D eigenvalue weighted by Crippen LogP contribution is 2.36. The molecule has 1 heterocycles. The van der Waals surface area contributed by atoms with E-state index in [0.717, 1.165) is 16.7 Å². The smallest absolute Gasteiger partial charge is 0.282 e. The monoisotopic (exact) mass is 351 g/mol. The first-order valence-electron chi connectivity index (χ1n) is 7.75. The molecular weight excluding hydrogens is 336 g/mol. The number of alkyl halides is 2. The SMILES string of the molecule is C#Cc1ccc(-c2ccccc2-c2c(C(N)=O)c(C(F)F)nn2C)cc1. The van der Waals surface area contributed by atoms with Crippen LogP contribution in [0.25, 0.3) is 22.4 Å². The topological polar surface area (TPSA) is 60.9 Å². The van der Waals surface area contributed by atoms with Crippen molar-refractivity contribution in [3.8, 4) is 34.7 Å². The molecule has 0 bridgehead atoms. The summed E-state index contributed by atoms with van der Waals surface area (Å²) in [5.41, 5.74) is 7.64. The fourth-order valence-corrected chi connectivity index (χ4v) is 2.94. The lowest BCUT2D eigenvalue weighted by Crippen LogP contribution is -2.14. The molecule has 6 heteroatoms. The number of amides is 1. The fraction of sp³-hybridized carbons (Fsp3) is 0.100. The van der Waals surface area contributed by atoms with E-state index < -0.39 is 18.0 Å². The van der Waals surface area contributed by atoms with Crippen molar-refractivity contribution in [1.29, 1.82) is 0 Å². The van der Waals surface area contributed by atoms with E-state index in [0.29, 0.717) is 5.56 Å². The summed E-state index contributed by atoms with van der Waals surface area (Å²) >= 11 is 0. The van der Waals surface area contributed by atoms with Crippen LogP contribution in [0.15, 0.2) is 48.5 Å². The van der Waals surface area contributed by atoms with Gasteiger partial charge >= 0.3 is 0 Å². The zero-order chi connectivity index (χ0) is 18.8. The van der Waals surface area contributed by atoms with Gasteiger partial charge in [0.1, 0.15) is 5.69 Å². The number of aromatic nitrogens is 2. The molecule has 0 saturated carbocycles. The molecule has 1 amide bonds. The van der Waals surface area contributed by atoms with Crippen molar-refractivity contribution in [2.75, 3.05) is 0 Å². The van der Waals surface area contributed by atoms with E-state index in [4.69, 9.17) is 12.2 Å². The predicted octanol–water partition coefficient (Wildman–Crippen LogP) is 3.77. The van der Waals surface area contributed by atoms with Crippen LogP contribution in [0.1, 0.15) is 28.0 Å². The number of terminal acetylenes is 1. The lowest BCUT2D eigenvalue weighted by atomic mass is 9.94. The quantitative estimate of drug-likeness (QED) is 0.727. The van der Waals surface area contributed by atoms with Gasteiger partial charge < -0.3 is 5.73 Å². The maximum absolute atomic E-state index is 13.3. The molecule has 4 nitrogen and oxygen atoms in total.